The lowest BCUT2D eigenvalue weighted by atomic mass is 9.93. The summed E-state index contributed by atoms with van der Waals surface area (Å²) in [7, 11) is 0. The average Bonchev–Trinajstić information content (AvgIpc) is 2.51. The van der Waals surface area contributed by atoms with Crippen LogP contribution in [0.15, 0.2) is 5.38 Å². The van der Waals surface area contributed by atoms with E-state index in [0.717, 1.165) is 5.69 Å². The summed E-state index contributed by atoms with van der Waals surface area (Å²) in [5, 5.41) is 4.97. The van der Waals surface area contributed by atoms with Crippen LogP contribution >= 0.6 is 34.5 Å². The monoisotopic (exact) mass is 266 g/mol. The first-order chi connectivity index (χ1) is 6.80. The smallest absolute Gasteiger partial charge is 0.259 e. The van der Waals surface area contributed by atoms with Crippen molar-refractivity contribution in [2.45, 2.75) is 31.0 Å². The summed E-state index contributed by atoms with van der Waals surface area (Å²) in [6.07, 6.45) is 0. The van der Waals surface area contributed by atoms with Crippen LogP contribution < -0.4 is 5.32 Å². The number of carbonyl (C=O) groups excluding carboxylic acids is 1. The minimum absolute atomic E-state index is 0.0270. The molecule has 0 aliphatic carbocycles. The Bertz CT molecular complexity index is 357. The predicted octanol–water partition coefficient (Wildman–Crippen LogP) is 3.18. The molecule has 3 nitrogen and oxygen atoms in total. The van der Waals surface area contributed by atoms with Gasteiger partial charge in [0.2, 0.25) is 0 Å². The maximum absolute atomic E-state index is 11.2. The topological polar surface area (TPSA) is 42.0 Å². The van der Waals surface area contributed by atoms with E-state index in [1.807, 2.05) is 5.38 Å². The molecule has 0 saturated carbocycles. The molecule has 15 heavy (non-hydrogen) atoms. The number of amides is 1. The van der Waals surface area contributed by atoms with E-state index in [-0.39, 0.29) is 5.41 Å². The molecule has 1 heterocycles. The third-order valence-corrected chi connectivity index (χ3v) is 2.86. The van der Waals surface area contributed by atoms with E-state index in [4.69, 9.17) is 23.2 Å². The van der Waals surface area contributed by atoms with E-state index in [0.29, 0.717) is 5.13 Å². The van der Waals surface area contributed by atoms with Crippen molar-refractivity contribution in [3.8, 4) is 0 Å². The molecule has 84 valence electrons. The Kier molecular flexibility index (Phi) is 3.98. The highest BCUT2D eigenvalue weighted by atomic mass is 35.5. The highest BCUT2D eigenvalue weighted by Gasteiger charge is 2.19. The summed E-state index contributed by atoms with van der Waals surface area (Å²) in [5.41, 5.74) is 0.907. The molecule has 0 saturated heterocycles. The lowest BCUT2D eigenvalue weighted by Crippen LogP contribution is -2.19. The van der Waals surface area contributed by atoms with Crippen LogP contribution in [0.5, 0.6) is 0 Å². The standard InChI is InChI=1S/C9H12Cl2N2OS/c1-9(2,3)5-4-15-8(12-5)13-7(14)6(10)11/h4,6H,1-3H3,(H,12,13,14). The number of thiazole rings is 1. The fourth-order valence-electron chi connectivity index (χ4n) is 0.836. The molecule has 0 aromatic carbocycles. The van der Waals surface area contributed by atoms with Gasteiger partial charge in [-0.15, -0.1) is 11.3 Å². The van der Waals surface area contributed by atoms with Crippen LogP contribution in [0.25, 0.3) is 0 Å². The zero-order valence-corrected chi connectivity index (χ0v) is 11.0. The third kappa shape index (κ3) is 3.63. The first-order valence-corrected chi connectivity index (χ1v) is 6.11. The number of carbonyl (C=O) groups is 1. The quantitative estimate of drug-likeness (QED) is 0.836. The lowest BCUT2D eigenvalue weighted by molar-refractivity contribution is -0.114. The summed E-state index contributed by atoms with van der Waals surface area (Å²) < 4.78 is 0. The maximum atomic E-state index is 11.2. The zero-order valence-electron chi connectivity index (χ0n) is 8.67. The maximum Gasteiger partial charge on any atom is 0.259 e. The minimum atomic E-state index is -1.06. The van der Waals surface area contributed by atoms with E-state index in [1.54, 1.807) is 0 Å². The Morgan fingerprint density at radius 2 is 2.13 bits per heavy atom. The van der Waals surface area contributed by atoms with Gasteiger partial charge in [-0.2, -0.15) is 0 Å². The van der Waals surface area contributed by atoms with Gasteiger partial charge < -0.3 is 0 Å². The van der Waals surface area contributed by atoms with Gasteiger partial charge in [-0.1, -0.05) is 44.0 Å². The molecule has 1 rings (SSSR count). The van der Waals surface area contributed by atoms with Crippen molar-refractivity contribution >= 4 is 45.6 Å². The van der Waals surface area contributed by atoms with Gasteiger partial charge in [0.15, 0.2) is 9.97 Å². The molecule has 0 bridgehead atoms. The first kappa shape index (κ1) is 12.7. The van der Waals surface area contributed by atoms with Gasteiger partial charge in [-0.3, -0.25) is 10.1 Å². The molecule has 1 aromatic heterocycles. The number of rotatable bonds is 2. The second-order valence-corrected chi connectivity index (χ2v) is 6.03. The van der Waals surface area contributed by atoms with E-state index in [1.165, 1.54) is 11.3 Å². The van der Waals surface area contributed by atoms with Crippen molar-refractivity contribution in [3.05, 3.63) is 11.1 Å². The number of halogens is 2. The van der Waals surface area contributed by atoms with E-state index >= 15 is 0 Å². The molecule has 0 aliphatic rings. The largest absolute Gasteiger partial charge is 0.300 e. The van der Waals surface area contributed by atoms with E-state index in [9.17, 15) is 4.79 Å². The second kappa shape index (κ2) is 4.68. The van der Waals surface area contributed by atoms with Crippen molar-refractivity contribution in [3.63, 3.8) is 0 Å². The van der Waals surface area contributed by atoms with Crippen LogP contribution in [-0.4, -0.2) is 15.7 Å². The SMILES string of the molecule is CC(C)(C)c1csc(NC(=O)C(Cl)Cl)n1. The van der Waals surface area contributed by atoms with Crippen molar-refractivity contribution in [1.82, 2.24) is 4.98 Å². The van der Waals surface area contributed by atoms with Crippen LogP contribution in [0.4, 0.5) is 5.13 Å². The molecule has 1 N–H and O–H groups in total. The van der Waals surface area contributed by atoms with E-state index in [2.05, 4.69) is 31.1 Å². The van der Waals surface area contributed by atoms with Crippen LogP contribution in [0.3, 0.4) is 0 Å². The number of hydrogen-bond acceptors (Lipinski definition) is 3. The Morgan fingerprint density at radius 3 is 2.53 bits per heavy atom. The van der Waals surface area contributed by atoms with Gasteiger partial charge in [-0.05, 0) is 0 Å². The fraction of sp³-hybridized carbons (Fsp3) is 0.556. The highest BCUT2D eigenvalue weighted by molar-refractivity contribution is 7.14. The Morgan fingerprint density at radius 1 is 1.53 bits per heavy atom. The van der Waals surface area contributed by atoms with Crippen molar-refractivity contribution < 1.29 is 4.79 Å². The molecule has 0 aliphatic heterocycles. The van der Waals surface area contributed by atoms with Crippen LogP contribution in [0.2, 0.25) is 0 Å². The first-order valence-electron chi connectivity index (χ1n) is 4.35. The fourth-order valence-corrected chi connectivity index (χ4v) is 1.88. The number of nitrogens with zero attached hydrogens (tertiary/aromatic N) is 1. The van der Waals surface area contributed by atoms with Gasteiger partial charge in [0.05, 0.1) is 5.69 Å². The van der Waals surface area contributed by atoms with Gasteiger partial charge in [0.25, 0.3) is 5.91 Å². The molecule has 0 fully saturated rings. The molecule has 1 amide bonds. The Labute approximate surface area is 103 Å². The van der Waals surface area contributed by atoms with Crippen LogP contribution in [-0.2, 0) is 10.2 Å². The van der Waals surface area contributed by atoms with E-state index < -0.39 is 10.7 Å². The average molecular weight is 267 g/mol. The highest BCUT2D eigenvalue weighted by Crippen LogP contribution is 2.26. The summed E-state index contributed by atoms with van der Waals surface area (Å²) in [6, 6.07) is 0. The number of alkyl halides is 2. The number of anilines is 1. The Hall–Kier alpha value is -0.320. The summed E-state index contributed by atoms with van der Waals surface area (Å²) in [4.78, 5) is 14.4. The van der Waals surface area contributed by atoms with Gasteiger partial charge in [-0.25, -0.2) is 4.98 Å². The number of hydrogen-bond donors (Lipinski definition) is 1. The van der Waals surface area contributed by atoms with Gasteiger partial charge >= 0.3 is 0 Å². The normalized spacial score (nSPS) is 11.9. The Balaban J connectivity index is 2.73. The van der Waals surface area contributed by atoms with Crippen molar-refractivity contribution in [1.29, 1.82) is 0 Å². The zero-order chi connectivity index (χ0) is 11.6. The van der Waals surface area contributed by atoms with Crippen LogP contribution in [0.1, 0.15) is 26.5 Å². The minimum Gasteiger partial charge on any atom is -0.300 e. The predicted molar refractivity (Wildman–Crippen MR) is 64.9 cm³/mol. The number of nitrogens with one attached hydrogen (secondary N) is 1. The summed E-state index contributed by atoms with van der Waals surface area (Å²) in [5.74, 6) is -0.451. The van der Waals surface area contributed by atoms with Crippen molar-refractivity contribution in [2.24, 2.45) is 0 Å². The molecular weight excluding hydrogens is 255 g/mol. The number of aromatic nitrogens is 1. The van der Waals surface area contributed by atoms with Gasteiger partial charge in [0.1, 0.15) is 0 Å². The van der Waals surface area contributed by atoms with Crippen molar-refractivity contribution in [2.75, 3.05) is 5.32 Å². The summed E-state index contributed by atoms with van der Waals surface area (Å²) >= 11 is 12.2. The molecular formula is C9H12Cl2N2OS. The molecule has 1 aromatic rings. The molecule has 0 spiro atoms. The molecule has 0 radical (unpaired) electrons. The van der Waals surface area contributed by atoms with Crippen LogP contribution in [0, 0.1) is 0 Å². The van der Waals surface area contributed by atoms with Gasteiger partial charge in [0, 0.05) is 10.8 Å². The molecule has 6 heteroatoms. The second-order valence-electron chi connectivity index (χ2n) is 4.08. The lowest BCUT2D eigenvalue weighted by Gasteiger charge is -2.14. The molecule has 0 atom stereocenters. The third-order valence-electron chi connectivity index (χ3n) is 1.70. The summed E-state index contributed by atoms with van der Waals surface area (Å²) in [6.45, 7) is 6.17. The molecule has 0 unspecified atom stereocenters.